The number of benzene rings is 2. The molecule has 2 aromatic rings. The molecular weight excluding hydrogens is 347 g/mol. The molecule has 0 radical (unpaired) electrons. The highest BCUT2D eigenvalue weighted by atomic mass is 35.5. The summed E-state index contributed by atoms with van der Waals surface area (Å²) in [4.78, 5) is 12.4. The summed E-state index contributed by atoms with van der Waals surface area (Å²) < 4.78 is 5.59. The van der Waals surface area contributed by atoms with Crippen molar-refractivity contribution in [3.8, 4) is 5.75 Å². The van der Waals surface area contributed by atoms with E-state index in [2.05, 4.69) is 10.6 Å². The van der Waals surface area contributed by atoms with Crippen LogP contribution in [0.1, 0.15) is 35.3 Å². The maximum absolute atomic E-state index is 12.4. The van der Waals surface area contributed by atoms with Crippen molar-refractivity contribution < 1.29 is 9.53 Å². The van der Waals surface area contributed by atoms with Gasteiger partial charge in [-0.2, -0.15) is 0 Å². The maximum Gasteiger partial charge on any atom is 0.255 e. The smallest absolute Gasteiger partial charge is 0.255 e. The van der Waals surface area contributed by atoms with Crippen LogP contribution in [0.4, 0.5) is 5.69 Å². The molecule has 1 aliphatic heterocycles. The Morgan fingerprint density at radius 1 is 1.17 bits per heavy atom. The first-order valence-corrected chi connectivity index (χ1v) is 8.01. The van der Waals surface area contributed by atoms with E-state index in [0.29, 0.717) is 22.0 Å². The maximum atomic E-state index is 12.4. The lowest BCUT2D eigenvalue weighted by Gasteiger charge is -2.13. The highest BCUT2D eigenvalue weighted by Crippen LogP contribution is 2.29. The minimum atomic E-state index is -0.145. The normalized spacial score (nSPS) is 12.5. The third-order valence-corrected chi connectivity index (χ3v) is 3.95. The molecule has 128 valence electrons. The summed E-state index contributed by atoms with van der Waals surface area (Å²) in [6, 6.07) is 11.0. The van der Waals surface area contributed by atoms with Gasteiger partial charge >= 0.3 is 0 Å². The fourth-order valence-electron chi connectivity index (χ4n) is 2.57. The SMILES string of the molecule is CC(C)Oc1ccc(NC(=O)c2ccc3c(c2)CNC3)cc1Cl.Cl. The standard InChI is InChI=1S/C18H19ClN2O2.ClH/c1-11(2)23-17-6-5-15(8-16(17)19)21-18(22)12-3-4-13-9-20-10-14(13)7-12;/h3-8,11,20H,9-10H2,1-2H3,(H,21,22);1H. The van der Waals surface area contributed by atoms with Crippen LogP contribution in [0.3, 0.4) is 0 Å². The van der Waals surface area contributed by atoms with Gasteiger partial charge in [0.05, 0.1) is 11.1 Å². The van der Waals surface area contributed by atoms with Crippen molar-refractivity contribution in [2.45, 2.75) is 33.0 Å². The predicted molar refractivity (Wildman–Crippen MR) is 99.4 cm³/mol. The number of carbonyl (C=O) groups is 1. The number of hydrogen-bond donors (Lipinski definition) is 2. The molecule has 0 unspecified atom stereocenters. The van der Waals surface area contributed by atoms with E-state index < -0.39 is 0 Å². The monoisotopic (exact) mass is 366 g/mol. The Balaban J connectivity index is 0.00000208. The molecule has 0 aromatic heterocycles. The van der Waals surface area contributed by atoms with E-state index in [4.69, 9.17) is 16.3 Å². The summed E-state index contributed by atoms with van der Waals surface area (Å²) in [7, 11) is 0. The lowest BCUT2D eigenvalue weighted by atomic mass is 10.1. The Labute approximate surface area is 153 Å². The van der Waals surface area contributed by atoms with Gasteiger partial charge in [-0.1, -0.05) is 17.7 Å². The number of halogens is 2. The van der Waals surface area contributed by atoms with Gasteiger partial charge in [0, 0.05) is 24.3 Å². The molecule has 0 aliphatic carbocycles. The zero-order valence-corrected chi connectivity index (χ0v) is 15.1. The second kappa shape index (κ2) is 7.88. The summed E-state index contributed by atoms with van der Waals surface area (Å²) in [6.45, 7) is 5.55. The number of fused-ring (bicyclic) bond motifs is 1. The summed E-state index contributed by atoms with van der Waals surface area (Å²) in [5.41, 5.74) is 3.72. The van der Waals surface area contributed by atoms with Crippen LogP contribution >= 0.6 is 24.0 Å². The third-order valence-electron chi connectivity index (χ3n) is 3.65. The zero-order valence-electron chi connectivity index (χ0n) is 13.6. The molecule has 1 heterocycles. The van der Waals surface area contributed by atoms with Crippen molar-refractivity contribution in [2.75, 3.05) is 5.32 Å². The molecule has 3 rings (SSSR count). The molecule has 2 N–H and O–H groups in total. The summed E-state index contributed by atoms with van der Waals surface area (Å²) in [5.74, 6) is 0.469. The molecule has 6 heteroatoms. The largest absolute Gasteiger partial charge is 0.489 e. The van der Waals surface area contributed by atoms with Crippen molar-refractivity contribution >= 4 is 35.6 Å². The van der Waals surface area contributed by atoms with Crippen molar-refractivity contribution in [3.05, 3.63) is 58.1 Å². The van der Waals surface area contributed by atoms with Crippen LogP contribution in [-0.4, -0.2) is 12.0 Å². The van der Waals surface area contributed by atoms with E-state index >= 15 is 0 Å². The van der Waals surface area contributed by atoms with Gasteiger partial charge in [0.2, 0.25) is 0 Å². The van der Waals surface area contributed by atoms with Gasteiger partial charge in [0.25, 0.3) is 5.91 Å². The number of anilines is 1. The molecule has 0 bridgehead atoms. The van der Waals surface area contributed by atoms with Crippen molar-refractivity contribution in [2.24, 2.45) is 0 Å². The minimum Gasteiger partial charge on any atom is -0.489 e. The summed E-state index contributed by atoms with van der Waals surface area (Å²) in [5, 5.41) is 6.62. The number of rotatable bonds is 4. The molecule has 0 saturated heterocycles. The molecule has 0 fully saturated rings. The van der Waals surface area contributed by atoms with Gasteiger partial charge in [0.15, 0.2) is 0 Å². The fourth-order valence-corrected chi connectivity index (χ4v) is 2.79. The highest BCUT2D eigenvalue weighted by Gasteiger charge is 2.14. The zero-order chi connectivity index (χ0) is 16.4. The van der Waals surface area contributed by atoms with Crippen LogP contribution in [0.5, 0.6) is 5.75 Å². The highest BCUT2D eigenvalue weighted by molar-refractivity contribution is 6.32. The Kier molecular flexibility index (Phi) is 6.10. The molecule has 24 heavy (non-hydrogen) atoms. The van der Waals surface area contributed by atoms with Gasteiger partial charge in [0.1, 0.15) is 5.75 Å². The number of carbonyl (C=O) groups excluding carboxylic acids is 1. The Morgan fingerprint density at radius 2 is 1.92 bits per heavy atom. The molecule has 1 aliphatic rings. The van der Waals surface area contributed by atoms with Crippen LogP contribution in [0.15, 0.2) is 36.4 Å². The van der Waals surface area contributed by atoms with E-state index in [1.807, 2.05) is 32.0 Å². The lowest BCUT2D eigenvalue weighted by molar-refractivity contribution is 0.102. The van der Waals surface area contributed by atoms with E-state index in [-0.39, 0.29) is 24.4 Å². The van der Waals surface area contributed by atoms with Crippen LogP contribution in [0.2, 0.25) is 5.02 Å². The summed E-state index contributed by atoms with van der Waals surface area (Å²) >= 11 is 6.20. The van der Waals surface area contributed by atoms with E-state index in [1.165, 1.54) is 11.1 Å². The first-order chi connectivity index (χ1) is 11.0. The lowest BCUT2D eigenvalue weighted by Crippen LogP contribution is -2.12. The van der Waals surface area contributed by atoms with Crippen LogP contribution < -0.4 is 15.4 Å². The molecular formula is C18H20Cl2N2O2. The van der Waals surface area contributed by atoms with Crippen molar-refractivity contribution in [1.82, 2.24) is 5.32 Å². The van der Waals surface area contributed by atoms with Gasteiger partial charge in [-0.25, -0.2) is 0 Å². The van der Waals surface area contributed by atoms with Gasteiger partial charge in [-0.3, -0.25) is 4.79 Å². The Bertz CT molecular complexity index is 748. The third kappa shape index (κ3) is 4.20. The number of nitrogens with one attached hydrogen (secondary N) is 2. The van der Waals surface area contributed by atoms with Gasteiger partial charge in [-0.05, 0) is 55.3 Å². The Morgan fingerprint density at radius 3 is 2.62 bits per heavy atom. The fraction of sp³-hybridized carbons (Fsp3) is 0.278. The second-order valence-electron chi connectivity index (χ2n) is 5.85. The number of hydrogen-bond acceptors (Lipinski definition) is 3. The average molecular weight is 367 g/mol. The first-order valence-electron chi connectivity index (χ1n) is 7.63. The van der Waals surface area contributed by atoms with Crippen LogP contribution in [-0.2, 0) is 13.1 Å². The summed E-state index contributed by atoms with van der Waals surface area (Å²) in [6.07, 6.45) is 0.0490. The molecule has 0 spiro atoms. The Hall–Kier alpha value is -1.75. The van der Waals surface area contributed by atoms with Gasteiger partial charge < -0.3 is 15.4 Å². The van der Waals surface area contributed by atoms with Gasteiger partial charge in [-0.15, -0.1) is 12.4 Å². The number of ether oxygens (including phenoxy) is 1. The van der Waals surface area contributed by atoms with E-state index in [9.17, 15) is 4.79 Å². The predicted octanol–water partition coefficient (Wildman–Crippen LogP) is 4.40. The van der Waals surface area contributed by atoms with E-state index in [0.717, 1.165) is 13.1 Å². The molecule has 0 saturated carbocycles. The van der Waals surface area contributed by atoms with Crippen LogP contribution in [0.25, 0.3) is 0 Å². The molecule has 2 aromatic carbocycles. The molecule has 1 amide bonds. The van der Waals surface area contributed by atoms with Crippen molar-refractivity contribution in [1.29, 1.82) is 0 Å². The van der Waals surface area contributed by atoms with E-state index in [1.54, 1.807) is 18.2 Å². The van der Waals surface area contributed by atoms with Crippen molar-refractivity contribution in [3.63, 3.8) is 0 Å². The quantitative estimate of drug-likeness (QED) is 0.842. The molecule has 4 nitrogen and oxygen atoms in total. The second-order valence-corrected chi connectivity index (χ2v) is 6.26. The number of amides is 1. The molecule has 0 atom stereocenters. The minimum absolute atomic E-state index is 0. The average Bonchev–Trinajstić information content (AvgIpc) is 2.97. The topological polar surface area (TPSA) is 50.4 Å². The first kappa shape index (κ1) is 18.6. The van der Waals surface area contributed by atoms with Crippen LogP contribution in [0, 0.1) is 0 Å².